The van der Waals surface area contributed by atoms with E-state index in [1.54, 1.807) is 0 Å². The number of carboxylic acid groups (broad SMARTS) is 1. The fraction of sp³-hybridized carbons (Fsp3) is 0.385. The van der Waals surface area contributed by atoms with Crippen molar-refractivity contribution in [2.24, 2.45) is 5.41 Å². The Hall–Kier alpha value is -4.34. The third-order valence-electron chi connectivity index (χ3n) is 7.28. The summed E-state index contributed by atoms with van der Waals surface area (Å²) in [6, 6.07) is 4.28. The van der Waals surface area contributed by atoms with Gasteiger partial charge < -0.3 is 20.6 Å². The standard InChI is InChI=1S/C26H23ClF5N7O4/c1-23(2,22(41)42)9-12-10-43-21(34-12)24(3)15-17(33)35-19(36-18(15)37-20(24)40)16-13-5-4-11(27)8-14(13)39(38-16)7-6-25(28,29)26(30,31)32/h4-5,8,10H,6-7,9H2,1-3H3,(H,41,42)(H3,33,35,36,37,40). The van der Waals surface area contributed by atoms with Crippen molar-refractivity contribution in [1.82, 2.24) is 24.7 Å². The molecule has 43 heavy (non-hydrogen) atoms. The zero-order valence-corrected chi connectivity index (χ0v) is 23.4. The minimum Gasteiger partial charge on any atom is -0.481 e. The molecule has 1 aliphatic heterocycles. The number of hydrogen-bond donors (Lipinski definition) is 3. The molecule has 1 aliphatic rings. The van der Waals surface area contributed by atoms with Crippen molar-refractivity contribution >= 4 is 46.0 Å². The first kappa shape index (κ1) is 30.1. The summed E-state index contributed by atoms with van der Waals surface area (Å²) in [6.07, 6.45) is -6.07. The van der Waals surface area contributed by atoms with Gasteiger partial charge in [0.05, 0.1) is 22.2 Å². The Labute approximate surface area is 244 Å². The summed E-state index contributed by atoms with van der Waals surface area (Å²) in [5, 5.41) is 16.7. The van der Waals surface area contributed by atoms with Gasteiger partial charge in [0, 0.05) is 29.8 Å². The molecule has 4 N–H and O–H groups in total. The zero-order valence-electron chi connectivity index (χ0n) is 22.7. The SMILES string of the molecule is CC(C)(Cc1coc(C2(C)C(=O)Nc3nc(-c4nn(CCC(F)(F)C(F)(F)F)c5cc(Cl)ccc45)nc(N)c32)n1)C(=O)O. The highest BCUT2D eigenvalue weighted by atomic mass is 35.5. The lowest BCUT2D eigenvalue weighted by Crippen LogP contribution is -2.37. The summed E-state index contributed by atoms with van der Waals surface area (Å²) in [5.41, 5.74) is 4.07. The van der Waals surface area contributed by atoms with E-state index >= 15 is 0 Å². The summed E-state index contributed by atoms with van der Waals surface area (Å²) in [4.78, 5) is 37.8. The topological polar surface area (TPSA) is 162 Å². The number of rotatable bonds is 8. The van der Waals surface area contributed by atoms with Crippen LogP contribution in [0.15, 0.2) is 28.9 Å². The summed E-state index contributed by atoms with van der Waals surface area (Å²) in [7, 11) is 0. The second-order valence-electron chi connectivity index (χ2n) is 10.9. The van der Waals surface area contributed by atoms with Crippen LogP contribution in [0.3, 0.4) is 0 Å². The molecule has 1 amide bonds. The Morgan fingerprint density at radius 3 is 2.53 bits per heavy atom. The van der Waals surface area contributed by atoms with Crippen molar-refractivity contribution in [1.29, 1.82) is 0 Å². The highest BCUT2D eigenvalue weighted by Gasteiger charge is 2.57. The molecule has 0 saturated heterocycles. The molecule has 228 valence electrons. The molecule has 0 radical (unpaired) electrons. The first-order chi connectivity index (χ1) is 19.8. The highest BCUT2D eigenvalue weighted by Crippen LogP contribution is 2.45. The number of halogens is 6. The van der Waals surface area contributed by atoms with Gasteiger partial charge in [-0.05, 0) is 39.0 Å². The smallest absolute Gasteiger partial charge is 0.453 e. The number of nitrogens with one attached hydrogen (secondary N) is 1. The van der Waals surface area contributed by atoms with Crippen molar-refractivity contribution in [2.75, 3.05) is 11.1 Å². The molecule has 5 rings (SSSR count). The number of anilines is 2. The molecule has 1 aromatic carbocycles. The Kier molecular flexibility index (Phi) is 6.91. The maximum atomic E-state index is 13.7. The van der Waals surface area contributed by atoms with Crippen LogP contribution in [0.2, 0.25) is 5.02 Å². The van der Waals surface area contributed by atoms with Crippen molar-refractivity contribution in [3.63, 3.8) is 0 Å². The number of fused-ring (bicyclic) bond motifs is 2. The van der Waals surface area contributed by atoms with Gasteiger partial charge in [-0.25, -0.2) is 15.0 Å². The van der Waals surface area contributed by atoms with E-state index in [4.69, 9.17) is 21.8 Å². The van der Waals surface area contributed by atoms with E-state index in [1.807, 2.05) is 0 Å². The monoisotopic (exact) mass is 627 g/mol. The number of nitrogens with zero attached hydrogens (tertiary/aromatic N) is 5. The predicted octanol–water partition coefficient (Wildman–Crippen LogP) is 5.22. The Morgan fingerprint density at radius 2 is 1.88 bits per heavy atom. The van der Waals surface area contributed by atoms with E-state index in [2.05, 4.69) is 25.4 Å². The quantitative estimate of drug-likeness (QED) is 0.222. The Balaban J connectivity index is 1.55. The van der Waals surface area contributed by atoms with E-state index in [1.165, 1.54) is 45.2 Å². The summed E-state index contributed by atoms with van der Waals surface area (Å²) in [6.45, 7) is 3.68. The Bertz CT molecular complexity index is 1790. The van der Waals surface area contributed by atoms with Crippen LogP contribution in [0.4, 0.5) is 33.6 Å². The largest absolute Gasteiger partial charge is 0.481 e. The van der Waals surface area contributed by atoms with Gasteiger partial charge >= 0.3 is 18.1 Å². The van der Waals surface area contributed by atoms with Crippen LogP contribution in [0.25, 0.3) is 22.4 Å². The molecule has 4 heterocycles. The van der Waals surface area contributed by atoms with Crippen LogP contribution in [-0.4, -0.2) is 53.8 Å². The first-order valence-electron chi connectivity index (χ1n) is 12.6. The van der Waals surface area contributed by atoms with E-state index in [9.17, 15) is 36.6 Å². The molecule has 0 fully saturated rings. The number of amides is 1. The van der Waals surface area contributed by atoms with Crippen LogP contribution in [0, 0.1) is 5.41 Å². The third-order valence-corrected chi connectivity index (χ3v) is 7.52. The lowest BCUT2D eigenvalue weighted by atomic mass is 9.84. The predicted molar refractivity (Wildman–Crippen MR) is 143 cm³/mol. The fourth-order valence-electron chi connectivity index (χ4n) is 4.73. The highest BCUT2D eigenvalue weighted by molar-refractivity contribution is 6.31. The third kappa shape index (κ3) is 5.02. The number of carboxylic acids is 1. The molecule has 11 nitrogen and oxygen atoms in total. The van der Waals surface area contributed by atoms with Gasteiger partial charge in [-0.1, -0.05) is 11.6 Å². The molecule has 0 spiro atoms. The number of nitrogen functional groups attached to an aromatic ring is 1. The fourth-order valence-corrected chi connectivity index (χ4v) is 4.90. The minimum atomic E-state index is -5.74. The molecular formula is C26H23ClF5N7O4. The van der Waals surface area contributed by atoms with Crippen LogP contribution in [-0.2, 0) is 28.0 Å². The van der Waals surface area contributed by atoms with Gasteiger partial charge in [0.25, 0.3) is 0 Å². The Morgan fingerprint density at radius 1 is 1.19 bits per heavy atom. The average molecular weight is 628 g/mol. The van der Waals surface area contributed by atoms with E-state index < -0.39 is 47.8 Å². The van der Waals surface area contributed by atoms with Crippen molar-refractivity contribution in [3.8, 4) is 11.5 Å². The van der Waals surface area contributed by atoms with Gasteiger partial charge in [-0.2, -0.15) is 27.1 Å². The minimum absolute atomic E-state index is 0.00587. The molecule has 1 unspecified atom stereocenters. The lowest BCUT2D eigenvalue weighted by molar-refractivity contribution is -0.285. The molecule has 4 aromatic rings. The van der Waals surface area contributed by atoms with Crippen molar-refractivity contribution < 1.29 is 41.1 Å². The number of benzene rings is 1. The number of oxazole rings is 1. The summed E-state index contributed by atoms with van der Waals surface area (Å²) >= 11 is 6.06. The summed E-state index contributed by atoms with van der Waals surface area (Å²) < 4.78 is 72.2. The second kappa shape index (κ2) is 9.86. The van der Waals surface area contributed by atoms with Gasteiger partial charge in [0.15, 0.2) is 11.2 Å². The molecule has 0 saturated carbocycles. The number of alkyl halides is 5. The van der Waals surface area contributed by atoms with Crippen molar-refractivity contribution in [2.45, 2.75) is 57.7 Å². The van der Waals surface area contributed by atoms with Crippen LogP contribution in [0.5, 0.6) is 0 Å². The van der Waals surface area contributed by atoms with Crippen LogP contribution >= 0.6 is 11.6 Å². The first-order valence-corrected chi connectivity index (χ1v) is 13.0. The molecular weight excluding hydrogens is 605 g/mol. The average Bonchev–Trinajstić information content (AvgIpc) is 3.57. The molecule has 17 heteroatoms. The number of carbonyl (C=O) groups excluding carboxylic acids is 1. The second-order valence-corrected chi connectivity index (χ2v) is 11.4. The number of aliphatic carboxylic acids is 1. The molecule has 1 atom stereocenters. The number of aromatic nitrogens is 5. The maximum Gasteiger partial charge on any atom is 0.453 e. The van der Waals surface area contributed by atoms with Gasteiger partial charge in [-0.15, -0.1) is 0 Å². The van der Waals surface area contributed by atoms with Gasteiger partial charge in [0.1, 0.15) is 23.6 Å². The zero-order chi connectivity index (χ0) is 31.7. The van der Waals surface area contributed by atoms with E-state index in [0.29, 0.717) is 0 Å². The maximum absolute atomic E-state index is 13.7. The number of aryl methyl sites for hydroxylation is 1. The molecule has 3 aromatic heterocycles. The van der Waals surface area contributed by atoms with Crippen LogP contribution in [0.1, 0.15) is 44.3 Å². The lowest BCUT2D eigenvalue weighted by Gasteiger charge is -2.19. The van der Waals surface area contributed by atoms with Gasteiger partial charge in [0.2, 0.25) is 11.8 Å². The molecule has 0 aliphatic carbocycles. The van der Waals surface area contributed by atoms with Crippen molar-refractivity contribution in [3.05, 3.63) is 46.6 Å². The van der Waals surface area contributed by atoms with Gasteiger partial charge in [-0.3, -0.25) is 14.3 Å². The van der Waals surface area contributed by atoms with E-state index in [-0.39, 0.29) is 62.6 Å². The number of nitrogens with two attached hydrogens (primary N) is 1. The van der Waals surface area contributed by atoms with E-state index in [0.717, 1.165) is 4.68 Å². The summed E-state index contributed by atoms with van der Waals surface area (Å²) in [5.74, 6) is -7.08. The number of hydrogen-bond acceptors (Lipinski definition) is 8. The normalized spacial score (nSPS) is 17.4. The molecule has 0 bridgehead atoms. The number of carbonyl (C=O) groups is 2. The van der Waals surface area contributed by atoms with Crippen LogP contribution < -0.4 is 11.1 Å².